The number of nitrogens with two attached hydrogens (primary N) is 1. The van der Waals surface area contributed by atoms with Crippen LogP contribution in [0.1, 0.15) is 42.6 Å². The maximum absolute atomic E-state index is 13.5. The third-order valence-corrected chi connectivity index (χ3v) is 7.51. The smallest absolute Gasteiger partial charge is 0.253 e. The first kappa shape index (κ1) is 21.6. The Bertz CT molecular complexity index is 775. The van der Waals surface area contributed by atoms with Crippen molar-refractivity contribution in [2.75, 3.05) is 59.6 Å². The molecule has 3 aliphatic rings. The van der Waals surface area contributed by atoms with Crippen molar-refractivity contribution in [3.05, 3.63) is 29.3 Å². The zero-order valence-electron chi connectivity index (χ0n) is 18.8. The Balaban J connectivity index is 1.51. The van der Waals surface area contributed by atoms with Gasteiger partial charge in [-0.15, -0.1) is 0 Å². The summed E-state index contributed by atoms with van der Waals surface area (Å²) in [4.78, 5) is 18.1. The molecule has 0 bridgehead atoms. The molecular weight excluding hydrogens is 378 g/mol. The Kier molecular flexibility index (Phi) is 6.11. The first-order chi connectivity index (χ1) is 14.4. The van der Waals surface area contributed by atoms with E-state index in [4.69, 9.17) is 15.2 Å². The van der Waals surface area contributed by atoms with Crippen molar-refractivity contribution >= 4 is 5.91 Å². The monoisotopic (exact) mass is 415 g/mol. The van der Waals surface area contributed by atoms with Gasteiger partial charge in [-0.25, -0.2) is 0 Å². The second-order valence-corrected chi connectivity index (χ2v) is 10.1. The van der Waals surface area contributed by atoms with Crippen molar-refractivity contribution in [2.24, 2.45) is 22.5 Å². The van der Waals surface area contributed by atoms with Crippen LogP contribution < -0.4 is 10.5 Å². The molecule has 0 unspecified atom stereocenters. The van der Waals surface area contributed by atoms with Gasteiger partial charge in [0, 0.05) is 43.7 Å². The van der Waals surface area contributed by atoms with E-state index in [0.717, 1.165) is 75.7 Å². The predicted octanol–water partition coefficient (Wildman–Crippen LogP) is 2.41. The number of methoxy groups -OCH3 is 1. The lowest BCUT2D eigenvalue weighted by Crippen LogP contribution is -2.59. The topological polar surface area (TPSA) is 68.0 Å². The molecule has 1 amide bonds. The Morgan fingerprint density at radius 2 is 2.07 bits per heavy atom. The zero-order chi connectivity index (χ0) is 21.4. The highest BCUT2D eigenvalue weighted by Crippen LogP contribution is 2.63. The molecule has 2 N–H and O–H groups in total. The molecule has 4 rings (SSSR count). The van der Waals surface area contributed by atoms with Gasteiger partial charge in [-0.05, 0) is 60.9 Å². The van der Waals surface area contributed by atoms with Gasteiger partial charge in [0.25, 0.3) is 5.91 Å². The average Bonchev–Trinajstić information content (AvgIpc) is 3.06. The van der Waals surface area contributed by atoms with Gasteiger partial charge < -0.3 is 20.1 Å². The van der Waals surface area contributed by atoms with Crippen LogP contribution in [0.5, 0.6) is 5.75 Å². The maximum atomic E-state index is 13.5. The van der Waals surface area contributed by atoms with Crippen LogP contribution in [0, 0.1) is 16.7 Å². The van der Waals surface area contributed by atoms with E-state index in [9.17, 15) is 4.79 Å². The highest BCUT2D eigenvalue weighted by Gasteiger charge is 2.63. The SMILES string of the molecule is COc1ccc(C(=O)N2C[C@@H]3C(C)(C)C[C@]3(CN3CCOCC3)C2)cc1CCCN. The van der Waals surface area contributed by atoms with Gasteiger partial charge in [-0.1, -0.05) is 13.8 Å². The summed E-state index contributed by atoms with van der Waals surface area (Å²) in [6.45, 7) is 11.8. The van der Waals surface area contributed by atoms with Crippen LogP contribution >= 0.6 is 0 Å². The first-order valence-electron chi connectivity index (χ1n) is 11.3. The van der Waals surface area contributed by atoms with Crippen LogP contribution in [0.2, 0.25) is 0 Å². The Labute approximate surface area is 180 Å². The van der Waals surface area contributed by atoms with Crippen LogP contribution in [-0.4, -0.2) is 75.3 Å². The number of hydrogen-bond acceptors (Lipinski definition) is 5. The summed E-state index contributed by atoms with van der Waals surface area (Å²) in [6, 6.07) is 5.85. The molecule has 1 aromatic carbocycles. The van der Waals surface area contributed by atoms with Gasteiger partial charge in [0.15, 0.2) is 0 Å². The lowest BCUT2D eigenvalue weighted by Gasteiger charge is -2.58. The fourth-order valence-corrected chi connectivity index (χ4v) is 6.28. The number of ether oxygens (including phenoxy) is 2. The molecule has 30 heavy (non-hydrogen) atoms. The Hall–Kier alpha value is -1.63. The van der Waals surface area contributed by atoms with Crippen molar-refractivity contribution in [3.8, 4) is 5.75 Å². The summed E-state index contributed by atoms with van der Waals surface area (Å²) >= 11 is 0. The number of carbonyl (C=O) groups excluding carboxylic acids is 1. The third kappa shape index (κ3) is 3.97. The van der Waals surface area contributed by atoms with Gasteiger partial charge in [0.1, 0.15) is 5.75 Å². The molecular formula is C24H37N3O3. The van der Waals surface area contributed by atoms with Gasteiger partial charge in [0.05, 0.1) is 20.3 Å². The van der Waals surface area contributed by atoms with Crippen molar-refractivity contribution in [1.29, 1.82) is 0 Å². The van der Waals surface area contributed by atoms with Crippen LogP contribution in [0.25, 0.3) is 0 Å². The molecule has 1 saturated carbocycles. The van der Waals surface area contributed by atoms with E-state index in [2.05, 4.69) is 23.6 Å². The van der Waals surface area contributed by atoms with Gasteiger partial charge in [-0.2, -0.15) is 0 Å². The molecule has 166 valence electrons. The largest absolute Gasteiger partial charge is 0.496 e. The predicted molar refractivity (Wildman–Crippen MR) is 118 cm³/mol. The number of rotatable bonds is 7. The number of aryl methyl sites for hydroxylation is 1. The van der Waals surface area contributed by atoms with Gasteiger partial charge in [0.2, 0.25) is 0 Å². The molecule has 3 fully saturated rings. The standard InChI is InChI=1S/C24H37N3O3/c1-23(2)15-24(16-26-9-11-30-12-10-26)17-27(14-21(23)24)22(28)19-6-7-20(29-3)18(13-19)5-4-8-25/h6-7,13,21H,4-5,8-12,14-17,25H2,1-3H3/t21-,24+/m1/s1. The van der Waals surface area contributed by atoms with Crippen molar-refractivity contribution < 1.29 is 14.3 Å². The molecule has 2 atom stereocenters. The molecule has 2 heterocycles. The average molecular weight is 416 g/mol. The molecule has 1 aliphatic carbocycles. The maximum Gasteiger partial charge on any atom is 0.253 e. The quantitative estimate of drug-likeness (QED) is 0.741. The van der Waals surface area contributed by atoms with E-state index >= 15 is 0 Å². The van der Waals surface area contributed by atoms with Crippen LogP contribution in [-0.2, 0) is 11.2 Å². The summed E-state index contributed by atoms with van der Waals surface area (Å²) in [5.74, 6) is 1.55. The third-order valence-electron chi connectivity index (χ3n) is 7.51. The molecule has 0 aromatic heterocycles. The Morgan fingerprint density at radius 1 is 1.30 bits per heavy atom. The molecule has 2 aliphatic heterocycles. The molecule has 6 nitrogen and oxygen atoms in total. The second-order valence-electron chi connectivity index (χ2n) is 10.1. The van der Waals surface area contributed by atoms with Crippen molar-refractivity contribution in [1.82, 2.24) is 9.80 Å². The minimum Gasteiger partial charge on any atom is -0.496 e. The normalized spacial score (nSPS) is 28.1. The summed E-state index contributed by atoms with van der Waals surface area (Å²) in [6.07, 6.45) is 2.91. The number of benzene rings is 1. The van der Waals surface area contributed by atoms with E-state index in [1.54, 1.807) is 7.11 Å². The second kappa shape index (κ2) is 8.48. The fraction of sp³-hybridized carbons (Fsp3) is 0.708. The number of likely N-dealkylation sites (tertiary alicyclic amines) is 1. The lowest BCUT2D eigenvalue weighted by molar-refractivity contribution is -0.0966. The molecule has 2 saturated heterocycles. The van der Waals surface area contributed by atoms with E-state index in [-0.39, 0.29) is 11.3 Å². The van der Waals surface area contributed by atoms with Crippen LogP contribution in [0.3, 0.4) is 0 Å². The first-order valence-corrected chi connectivity index (χ1v) is 11.3. The number of hydrogen-bond donors (Lipinski definition) is 1. The molecule has 1 aromatic rings. The summed E-state index contributed by atoms with van der Waals surface area (Å²) in [7, 11) is 1.68. The summed E-state index contributed by atoms with van der Waals surface area (Å²) < 4.78 is 11.0. The van der Waals surface area contributed by atoms with E-state index in [0.29, 0.717) is 17.9 Å². The van der Waals surface area contributed by atoms with Gasteiger partial charge >= 0.3 is 0 Å². The van der Waals surface area contributed by atoms with Crippen molar-refractivity contribution in [2.45, 2.75) is 33.1 Å². The highest BCUT2D eigenvalue weighted by atomic mass is 16.5. The molecule has 6 heteroatoms. The molecule has 0 radical (unpaired) electrons. The minimum atomic E-state index is 0.151. The van der Waals surface area contributed by atoms with Gasteiger partial charge in [-0.3, -0.25) is 9.69 Å². The lowest BCUT2D eigenvalue weighted by atomic mass is 9.48. The molecule has 0 spiro atoms. The van der Waals surface area contributed by atoms with E-state index < -0.39 is 0 Å². The fourth-order valence-electron chi connectivity index (χ4n) is 6.28. The van der Waals surface area contributed by atoms with E-state index in [1.807, 2.05) is 18.2 Å². The number of nitrogens with zero attached hydrogens (tertiary/aromatic N) is 2. The number of carbonyl (C=O) groups is 1. The van der Waals surface area contributed by atoms with Crippen LogP contribution in [0.15, 0.2) is 18.2 Å². The number of morpholine rings is 1. The number of amides is 1. The summed E-state index contributed by atoms with van der Waals surface area (Å²) in [5.41, 5.74) is 8.05. The Morgan fingerprint density at radius 3 is 2.73 bits per heavy atom. The summed E-state index contributed by atoms with van der Waals surface area (Å²) in [5, 5.41) is 0. The van der Waals surface area contributed by atoms with E-state index in [1.165, 1.54) is 6.42 Å². The van der Waals surface area contributed by atoms with Crippen LogP contribution in [0.4, 0.5) is 0 Å². The minimum absolute atomic E-state index is 0.151. The van der Waals surface area contributed by atoms with Crippen molar-refractivity contribution in [3.63, 3.8) is 0 Å². The zero-order valence-corrected chi connectivity index (χ0v) is 18.8. The highest BCUT2D eigenvalue weighted by molar-refractivity contribution is 5.95. The number of fused-ring (bicyclic) bond motifs is 1.